The van der Waals surface area contributed by atoms with Gasteiger partial charge in [-0.1, -0.05) is 13.8 Å². The van der Waals surface area contributed by atoms with E-state index in [-0.39, 0.29) is 17.8 Å². The second kappa shape index (κ2) is 4.58. The van der Waals surface area contributed by atoms with Crippen LogP contribution in [-0.4, -0.2) is 17.9 Å². The zero-order valence-electron chi connectivity index (χ0n) is 9.72. The van der Waals surface area contributed by atoms with Crippen LogP contribution in [0, 0.1) is 5.41 Å². The lowest BCUT2D eigenvalue weighted by molar-refractivity contribution is -0.157. The Morgan fingerprint density at radius 1 is 1.21 bits per heavy atom. The van der Waals surface area contributed by atoms with Crippen LogP contribution >= 0.6 is 0 Å². The van der Waals surface area contributed by atoms with Crippen molar-refractivity contribution in [2.45, 2.75) is 53.1 Å². The topological polar surface area (TPSA) is 43.4 Å². The fourth-order valence-electron chi connectivity index (χ4n) is 1.07. The van der Waals surface area contributed by atoms with Crippen LogP contribution in [0.1, 0.15) is 47.5 Å². The van der Waals surface area contributed by atoms with Crippen molar-refractivity contribution >= 4 is 12.3 Å². The summed E-state index contributed by atoms with van der Waals surface area (Å²) in [6.45, 7) is 9.25. The second-order valence-corrected chi connectivity index (χ2v) is 5.30. The molecule has 0 aromatic heterocycles. The maximum Gasteiger partial charge on any atom is 0.306 e. The maximum absolute atomic E-state index is 11.4. The van der Waals surface area contributed by atoms with E-state index in [9.17, 15) is 9.59 Å². The molecule has 3 nitrogen and oxygen atoms in total. The number of hydrogen-bond donors (Lipinski definition) is 0. The standard InChI is InChI=1S/C11H20O3/c1-10(2,3)14-9(13)8-11(4,5)6-7-12/h7H,6,8H2,1-5H3. The summed E-state index contributed by atoms with van der Waals surface area (Å²) in [7, 11) is 0. The summed E-state index contributed by atoms with van der Waals surface area (Å²) in [4.78, 5) is 21.7. The lowest BCUT2D eigenvalue weighted by Gasteiger charge is -2.24. The van der Waals surface area contributed by atoms with E-state index in [1.165, 1.54) is 0 Å². The van der Waals surface area contributed by atoms with Gasteiger partial charge in [-0.3, -0.25) is 4.79 Å². The minimum Gasteiger partial charge on any atom is -0.460 e. The lowest BCUT2D eigenvalue weighted by Crippen LogP contribution is -2.27. The molecule has 0 radical (unpaired) electrons. The van der Waals surface area contributed by atoms with E-state index in [1.807, 2.05) is 34.6 Å². The Hall–Kier alpha value is -0.860. The molecular formula is C11H20O3. The fourth-order valence-corrected chi connectivity index (χ4v) is 1.07. The first-order valence-electron chi connectivity index (χ1n) is 4.82. The van der Waals surface area contributed by atoms with Crippen LogP contribution in [-0.2, 0) is 14.3 Å². The molecule has 0 aliphatic rings. The van der Waals surface area contributed by atoms with E-state index in [0.717, 1.165) is 6.29 Å². The van der Waals surface area contributed by atoms with Crippen molar-refractivity contribution in [2.75, 3.05) is 0 Å². The van der Waals surface area contributed by atoms with E-state index in [4.69, 9.17) is 4.74 Å². The van der Waals surface area contributed by atoms with Gasteiger partial charge in [0.2, 0.25) is 0 Å². The van der Waals surface area contributed by atoms with Crippen LogP contribution in [0.5, 0.6) is 0 Å². The Labute approximate surface area is 85.8 Å². The number of carbonyl (C=O) groups excluding carboxylic acids is 2. The monoisotopic (exact) mass is 200 g/mol. The van der Waals surface area contributed by atoms with E-state index in [2.05, 4.69) is 0 Å². The highest BCUT2D eigenvalue weighted by molar-refractivity contribution is 5.71. The van der Waals surface area contributed by atoms with Gasteiger partial charge in [0.05, 0.1) is 6.42 Å². The molecule has 3 heteroatoms. The van der Waals surface area contributed by atoms with Crippen LogP contribution in [0.15, 0.2) is 0 Å². The van der Waals surface area contributed by atoms with Gasteiger partial charge in [-0.2, -0.15) is 0 Å². The summed E-state index contributed by atoms with van der Waals surface area (Å²) in [6, 6.07) is 0. The molecule has 14 heavy (non-hydrogen) atoms. The number of ether oxygens (including phenoxy) is 1. The lowest BCUT2D eigenvalue weighted by atomic mass is 9.86. The third-order valence-corrected chi connectivity index (χ3v) is 1.68. The van der Waals surface area contributed by atoms with Crippen molar-refractivity contribution in [1.29, 1.82) is 0 Å². The summed E-state index contributed by atoms with van der Waals surface area (Å²) < 4.78 is 5.17. The van der Waals surface area contributed by atoms with Gasteiger partial charge < -0.3 is 9.53 Å². The number of esters is 1. The van der Waals surface area contributed by atoms with Crippen LogP contribution in [0.25, 0.3) is 0 Å². The Kier molecular flexibility index (Phi) is 4.30. The summed E-state index contributed by atoms with van der Waals surface area (Å²) in [5.41, 5.74) is -0.752. The predicted molar refractivity (Wildman–Crippen MR) is 54.9 cm³/mol. The van der Waals surface area contributed by atoms with Crippen LogP contribution in [0.4, 0.5) is 0 Å². The number of carbonyl (C=O) groups is 2. The molecule has 0 spiro atoms. The third-order valence-electron chi connectivity index (χ3n) is 1.68. The van der Waals surface area contributed by atoms with Gasteiger partial charge in [0, 0.05) is 6.42 Å². The molecule has 0 heterocycles. The fraction of sp³-hybridized carbons (Fsp3) is 0.818. The zero-order valence-corrected chi connectivity index (χ0v) is 9.72. The van der Waals surface area contributed by atoms with E-state index < -0.39 is 5.60 Å². The Bertz CT molecular complexity index is 211. The Morgan fingerprint density at radius 2 is 1.71 bits per heavy atom. The highest BCUT2D eigenvalue weighted by atomic mass is 16.6. The van der Waals surface area contributed by atoms with E-state index in [1.54, 1.807) is 0 Å². The number of rotatable bonds is 4. The van der Waals surface area contributed by atoms with Crippen LogP contribution in [0.2, 0.25) is 0 Å². The SMILES string of the molecule is CC(C)(CC=O)CC(=O)OC(C)(C)C. The van der Waals surface area contributed by atoms with Crippen molar-refractivity contribution in [2.24, 2.45) is 5.41 Å². The first kappa shape index (κ1) is 13.1. The molecule has 0 aliphatic carbocycles. The molecule has 0 rings (SSSR count). The largest absolute Gasteiger partial charge is 0.460 e. The molecule has 0 aliphatic heterocycles. The van der Waals surface area contributed by atoms with Gasteiger partial charge in [-0.15, -0.1) is 0 Å². The normalized spacial score (nSPS) is 12.4. The Morgan fingerprint density at radius 3 is 2.07 bits per heavy atom. The highest BCUT2D eigenvalue weighted by Gasteiger charge is 2.25. The highest BCUT2D eigenvalue weighted by Crippen LogP contribution is 2.25. The molecule has 0 aromatic rings. The van der Waals surface area contributed by atoms with Crippen molar-refractivity contribution in [3.63, 3.8) is 0 Å². The molecule has 82 valence electrons. The summed E-state index contributed by atoms with van der Waals surface area (Å²) in [5.74, 6) is -0.246. The molecule has 0 saturated carbocycles. The average Bonchev–Trinajstić information content (AvgIpc) is 1.78. The molecule has 0 aromatic carbocycles. The van der Waals surface area contributed by atoms with Gasteiger partial charge in [0.25, 0.3) is 0 Å². The van der Waals surface area contributed by atoms with Gasteiger partial charge in [0.1, 0.15) is 11.9 Å². The third kappa shape index (κ3) is 6.63. The molecule has 0 atom stereocenters. The smallest absolute Gasteiger partial charge is 0.306 e. The first-order chi connectivity index (χ1) is 6.16. The van der Waals surface area contributed by atoms with Gasteiger partial charge >= 0.3 is 5.97 Å². The predicted octanol–water partition coefficient (Wildman–Crippen LogP) is 2.33. The number of hydrogen-bond acceptors (Lipinski definition) is 3. The van der Waals surface area contributed by atoms with Crippen LogP contribution < -0.4 is 0 Å². The van der Waals surface area contributed by atoms with Crippen molar-refractivity contribution in [3.8, 4) is 0 Å². The van der Waals surface area contributed by atoms with Gasteiger partial charge in [-0.05, 0) is 26.2 Å². The van der Waals surface area contributed by atoms with E-state index >= 15 is 0 Å². The molecule has 0 amide bonds. The first-order valence-corrected chi connectivity index (χ1v) is 4.82. The van der Waals surface area contributed by atoms with Gasteiger partial charge in [0.15, 0.2) is 0 Å². The van der Waals surface area contributed by atoms with Crippen molar-refractivity contribution in [3.05, 3.63) is 0 Å². The Balaban J connectivity index is 4.12. The summed E-state index contributed by atoms with van der Waals surface area (Å²) in [6.07, 6.45) is 1.50. The summed E-state index contributed by atoms with van der Waals surface area (Å²) >= 11 is 0. The molecule has 0 bridgehead atoms. The second-order valence-electron chi connectivity index (χ2n) is 5.30. The minimum atomic E-state index is -0.450. The molecule has 0 unspecified atom stereocenters. The molecular weight excluding hydrogens is 180 g/mol. The molecule has 0 N–H and O–H groups in total. The van der Waals surface area contributed by atoms with Gasteiger partial charge in [-0.25, -0.2) is 0 Å². The molecule has 0 fully saturated rings. The average molecular weight is 200 g/mol. The quantitative estimate of drug-likeness (QED) is 0.516. The molecule has 0 saturated heterocycles. The van der Waals surface area contributed by atoms with E-state index in [0.29, 0.717) is 6.42 Å². The zero-order chi connectivity index (χ0) is 11.4. The van der Waals surface area contributed by atoms with Crippen molar-refractivity contribution in [1.82, 2.24) is 0 Å². The maximum atomic E-state index is 11.4. The summed E-state index contributed by atoms with van der Waals surface area (Å²) in [5, 5.41) is 0. The van der Waals surface area contributed by atoms with Crippen LogP contribution in [0.3, 0.4) is 0 Å². The minimum absolute atomic E-state index is 0.246. The number of aldehydes is 1. The van der Waals surface area contributed by atoms with Crippen molar-refractivity contribution < 1.29 is 14.3 Å².